The molecule has 116 valence electrons. The fraction of sp³-hybridized carbons (Fsp3) is 0.533. The van der Waals surface area contributed by atoms with Gasteiger partial charge in [0.1, 0.15) is 5.82 Å². The highest BCUT2D eigenvalue weighted by Crippen LogP contribution is 2.37. The van der Waals surface area contributed by atoms with E-state index in [-0.39, 0.29) is 16.9 Å². The maximum Gasteiger partial charge on any atom is 0.190 e. The lowest BCUT2D eigenvalue weighted by atomic mass is 9.94. The van der Waals surface area contributed by atoms with Crippen LogP contribution in [-0.2, 0) is 0 Å². The molecule has 0 amide bonds. The zero-order chi connectivity index (χ0) is 15.6. The van der Waals surface area contributed by atoms with Gasteiger partial charge in [-0.3, -0.25) is 9.89 Å². The number of guanidine groups is 1. The van der Waals surface area contributed by atoms with Crippen molar-refractivity contribution in [1.82, 2.24) is 9.80 Å². The van der Waals surface area contributed by atoms with E-state index in [1.54, 1.807) is 11.0 Å². The van der Waals surface area contributed by atoms with Gasteiger partial charge >= 0.3 is 0 Å². The van der Waals surface area contributed by atoms with Gasteiger partial charge in [0.05, 0.1) is 5.02 Å². The summed E-state index contributed by atoms with van der Waals surface area (Å²) < 4.78 is 13.7. The van der Waals surface area contributed by atoms with Crippen LogP contribution in [0.1, 0.15) is 18.0 Å². The molecule has 2 rings (SSSR count). The molecule has 4 nitrogen and oxygen atoms in total. The first-order valence-corrected chi connectivity index (χ1v) is 7.40. The third kappa shape index (κ3) is 3.66. The lowest BCUT2D eigenvalue weighted by Crippen LogP contribution is -2.31. The summed E-state index contributed by atoms with van der Waals surface area (Å²) in [5.74, 6) is 0.476. The first kappa shape index (κ1) is 16.0. The molecule has 1 fully saturated rings. The third-order valence-corrected chi connectivity index (χ3v) is 4.31. The standard InChI is InChI=1S/C15H22ClFN4/c1-20(2)15(18)19-9-11-6-7-21(3)14(11)10-4-5-12(16)13(17)8-10/h4-5,8,11,14H,6-7,9H2,1-3H3,(H2,18,19). The number of nitrogens with two attached hydrogens (primary N) is 1. The van der Waals surface area contributed by atoms with Crippen molar-refractivity contribution in [1.29, 1.82) is 0 Å². The molecule has 1 aliphatic heterocycles. The van der Waals surface area contributed by atoms with Crippen LogP contribution in [0.2, 0.25) is 5.02 Å². The Balaban J connectivity index is 2.18. The highest BCUT2D eigenvalue weighted by Gasteiger charge is 2.33. The van der Waals surface area contributed by atoms with Crippen molar-refractivity contribution in [3.63, 3.8) is 0 Å². The molecular formula is C15H22ClFN4. The van der Waals surface area contributed by atoms with E-state index in [0.717, 1.165) is 18.5 Å². The molecule has 0 radical (unpaired) electrons. The molecule has 0 aromatic heterocycles. The number of nitrogens with zero attached hydrogens (tertiary/aromatic N) is 3. The van der Waals surface area contributed by atoms with E-state index in [4.69, 9.17) is 17.3 Å². The topological polar surface area (TPSA) is 44.9 Å². The maximum absolute atomic E-state index is 13.7. The number of hydrogen-bond donors (Lipinski definition) is 1. The average molecular weight is 313 g/mol. The molecule has 2 unspecified atom stereocenters. The molecule has 1 heterocycles. The van der Waals surface area contributed by atoms with Crippen molar-refractivity contribution >= 4 is 17.6 Å². The zero-order valence-electron chi connectivity index (χ0n) is 12.7. The Morgan fingerprint density at radius 2 is 2.24 bits per heavy atom. The average Bonchev–Trinajstić information content (AvgIpc) is 2.80. The molecule has 0 spiro atoms. The summed E-state index contributed by atoms with van der Waals surface area (Å²) in [4.78, 5) is 8.45. The zero-order valence-corrected chi connectivity index (χ0v) is 13.4. The van der Waals surface area contributed by atoms with Gasteiger partial charge in [-0.2, -0.15) is 0 Å². The molecule has 0 bridgehead atoms. The molecule has 2 N–H and O–H groups in total. The second-order valence-electron chi connectivity index (χ2n) is 5.74. The van der Waals surface area contributed by atoms with Crippen LogP contribution < -0.4 is 5.73 Å². The van der Waals surface area contributed by atoms with Crippen molar-refractivity contribution in [3.8, 4) is 0 Å². The Morgan fingerprint density at radius 1 is 1.52 bits per heavy atom. The highest BCUT2D eigenvalue weighted by molar-refractivity contribution is 6.30. The van der Waals surface area contributed by atoms with E-state index in [0.29, 0.717) is 18.4 Å². The van der Waals surface area contributed by atoms with Crippen LogP contribution in [0.4, 0.5) is 4.39 Å². The van der Waals surface area contributed by atoms with Crippen LogP contribution in [0.25, 0.3) is 0 Å². The van der Waals surface area contributed by atoms with Gasteiger partial charge in [0.2, 0.25) is 0 Å². The molecule has 21 heavy (non-hydrogen) atoms. The van der Waals surface area contributed by atoms with E-state index < -0.39 is 0 Å². The number of likely N-dealkylation sites (tertiary alicyclic amines) is 1. The van der Waals surface area contributed by atoms with Gasteiger partial charge in [0, 0.05) is 26.7 Å². The molecule has 0 saturated carbocycles. The second kappa shape index (κ2) is 6.62. The fourth-order valence-corrected chi connectivity index (χ4v) is 2.91. The van der Waals surface area contributed by atoms with Crippen LogP contribution in [0, 0.1) is 11.7 Å². The predicted octanol–water partition coefficient (Wildman–Crippen LogP) is 2.35. The Morgan fingerprint density at radius 3 is 2.86 bits per heavy atom. The third-order valence-electron chi connectivity index (χ3n) is 4.01. The van der Waals surface area contributed by atoms with Gasteiger partial charge in [0.15, 0.2) is 5.96 Å². The van der Waals surface area contributed by atoms with Crippen LogP contribution in [0.3, 0.4) is 0 Å². The Kier molecular flexibility index (Phi) is 5.06. The largest absolute Gasteiger partial charge is 0.370 e. The van der Waals surface area contributed by atoms with Crippen molar-refractivity contribution < 1.29 is 4.39 Å². The van der Waals surface area contributed by atoms with E-state index >= 15 is 0 Å². The van der Waals surface area contributed by atoms with Gasteiger partial charge in [-0.05, 0) is 43.6 Å². The summed E-state index contributed by atoms with van der Waals surface area (Å²) in [6, 6.07) is 5.19. The van der Waals surface area contributed by atoms with Crippen LogP contribution >= 0.6 is 11.6 Å². The summed E-state index contributed by atoms with van der Waals surface area (Å²) in [6.07, 6.45) is 1.02. The smallest absolute Gasteiger partial charge is 0.190 e. The molecule has 1 saturated heterocycles. The Hall–Kier alpha value is -1.33. The molecular weight excluding hydrogens is 291 g/mol. The van der Waals surface area contributed by atoms with E-state index in [1.165, 1.54) is 6.07 Å². The molecule has 2 atom stereocenters. The van der Waals surface area contributed by atoms with Crippen molar-refractivity contribution in [3.05, 3.63) is 34.6 Å². The fourth-order valence-electron chi connectivity index (χ4n) is 2.79. The van der Waals surface area contributed by atoms with Crippen LogP contribution in [0.15, 0.2) is 23.2 Å². The summed E-state index contributed by atoms with van der Waals surface area (Å²) in [5.41, 5.74) is 6.79. The first-order valence-electron chi connectivity index (χ1n) is 7.02. The molecule has 0 aliphatic carbocycles. The number of aliphatic imine (C=N–C) groups is 1. The van der Waals surface area contributed by atoms with Gasteiger partial charge in [-0.1, -0.05) is 17.7 Å². The summed E-state index contributed by atoms with van der Waals surface area (Å²) in [7, 11) is 5.79. The van der Waals surface area contributed by atoms with Crippen molar-refractivity contribution in [2.45, 2.75) is 12.5 Å². The van der Waals surface area contributed by atoms with E-state index in [1.807, 2.05) is 20.2 Å². The lowest BCUT2D eigenvalue weighted by molar-refractivity contribution is 0.279. The summed E-state index contributed by atoms with van der Waals surface area (Å²) >= 11 is 5.77. The number of halogens is 2. The first-order chi connectivity index (χ1) is 9.90. The van der Waals surface area contributed by atoms with Gasteiger partial charge < -0.3 is 10.6 Å². The van der Waals surface area contributed by atoms with Crippen LogP contribution in [0.5, 0.6) is 0 Å². The van der Waals surface area contributed by atoms with Gasteiger partial charge in [-0.15, -0.1) is 0 Å². The number of rotatable bonds is 3. The van der Waals surface area contributed by atoms with Crippen molar-refractivity contribution in [2.24, 2.45) is 16.6 Å². The monoisotopic (exact) mass is 312 g/mol. The lowest BCUT2D eigenvalue weighted by Gasteiger charge is -2.25. The minimum Gasteiger partial charge on any atom is -0.370 e. The quantitative estimate of drug-likeness (QED) is 0.688. The summed E-state index contributed by atoms with van der Waals surface area (Å²) in [5, 5.41) is 0.158. The Bertz CT molecular complexity index is 532. The maximum atomic E-state index is 13.7. The second-order valence-corrected chi connectivity index (χ2v) is 6.15. The minimum atomic E-state index is -0.371. The highest BCUT2D eigenvalue weighted by atomic mass is 35.5. The molecule has 1 aromatic carbocycles. The Labute approximate surface area is 130 Å². The molecule has 6 heteroatoms. The van der Waals surface area contributed by atoms with Gasteiger partial charge in [-0.25, -0.2) is 4.39 Å². The van der Waals surface area contributed by atoms with Crippen LogP contribution in [-0.4, -0.2) is 50.0 Å². The van der Waals surface area contributed by atoms with E-state index in [2.05, 4.69) is 16.9 Å². The molecule has 1 aromatic rings. The number of benzene rings is 1. The summed E-state index contributed by atoms with van der Waals surface area (Å²) in [6.45, 7) is 1.61. The minimum absolute atomic E-state index is 0.149. The predicted molar refractivity (Wildman–Crippen MR) is 85.1 cm³/mol. The van der Waals surface area contributed by atoms with E-state index in [9.17, 15) is 4.39 Å². The van der Waals surface area contributed by atoms with Gasteiger partial charge in [0.25, 0.3) is 0 Å². The number of hydrogen-bond acceptors (Lipinski definition) is 2. The van der Waals surface area contributed by atoms with Crippen molar-refractivity contribution in [2.75, 3.05) is 34.2 Å². The molecule has 1 aliphatic rings. The SMILES string of the molecule is CN(C)C(N)=NCC1CCN(C)C1c1ccc(Cl)c(F)c1. The normalized spacial score (nSPS) is 23.6.